The Morgan fingerprint density at radius 1 is 1.36 bits per heavy atom. The van der Waals surface area contributed by atoms with Crippen LogP contribution in [0, 0.1) is 19.3 Å². The molecule has 0 aliphatic carbocycles. The van der Waals surface area contributed by atoms with Crippen LogP contribution >= 0.6 is 0 Å². The second-order valence-corrected chi connectivity index (χ2v) is 6.49. The molecule has 1 rings (SSSR count). The highest BCUT2D eigenvalue weighted by Crippen LogP contribution is 2.22. The lowest BCUT2D eigenvalue weighted by atomic mass is 9.88. The second-order valence-electron chi connectivity index (χ2n) is 6.49. The van der Waals surface area contributed by atoms with E-state index in [1.165, 1.54) is 7.11 Å². The first-order valence-electron chi connectivity index (χ1n) is 7.45. The number of carbonyl (C=O) groups is 2. The molecule has 0 saturated carbocycles. The summed E-state index contributed by atoms with van der Waals surface area (Å²) in [7, 11) is 3.24. The molecule has 1 atom stereocenters. The maximum atomic E-state index is 12.4. The van der Waals surface area contributed by atoms with Gasteiger partial charge in [0.05, 0.1) is 24.6 Å². The minimum absolute atomic E-state index is 0.0361. The first-order chi connectivity index (χ1) is 10.1. The van der Waals surface area contributed by atoms with E-state index < -0.39 is 5.41 Å². The third kappa shape index (κ3) is 4.32. The molecule has 1 aromatic rings. The molecule has 0 bridgehead atoms. The molecule has 124 valence electrons. The Bertz CT molecular complexity index is 561. The summed E-state index contributed by atoms with van der Waals surface area (Å²) < 4.78 is 6.49. The van der Waals surface area contributed by atoms with E-state index in [9.17, 15) is 9.59 Å². The number of nitrogens with one attached hydrogen (secondary N) is 1. The van der Waals surface area contributed by atoms with Crippen LogP contribution in [0.15, 0.2) is 0 Å². The average Bonchev–Trinajstić information content (AvgIpc) is 2.64. The van der Waals surface area contributed by atoms with E-state index in [0.717, 1.165) is 17.0 Å². The highest BCUT2D eigenvalue weighted by molar-refractivity contribution is 5.86. The quantitative estimate of drug-likeness (QED) is 0.811. The van der Waals surface area contributed by atoms with E-state index in [1.54, 1.807) is 13.8 Å². The van der Waals surface area contributed by atoms with Crippen molar-refractivity contribution in [2.45, 2.75) is 53.5 Å². The minimum Gasteiger partial charge on any atom is -0.469 e. The minimum atomic E-state index is -0.791. The Hall–Kier alpha value is -1.85. The van der Waals surface area contributed by atoms with Gasteiger partial charge in [0, 0.05) is 18.8 Å². The van der Waals surface area contributed by atoms with Crippen LogP contribution in [0.3, 0.4) is 0 Å². The summed E-state index contributed by atoms with van der Waals surface area (Å²) in [6.45, 7) is 9.43. The summed E-state index contributed by atoms with van der Waals surface area (Å²) in [6.07, 6.45) is 0.776. The number of esters is 1. The van der Waals surface area contributed by atoms with E-state index in [4.69, 9.17) is 0 Å². The van der Waals surface area contributed by atoms with Crippen molar-refractivity contribution in [3.8, 4) is 0 Å². The van der Waals surface area contributed by atoms with Gasteiger partial charge in [0.15, 0.2) is 0 Å². The summed E-state index contributed by atoms with van der Waals surface area (Å²) >= 11 is 0. The van der Waals surface area contributed by atoms with E-state index in [2.05, 4.69) is 15.2 Å². The van der Waals surface area contributed by atoms with Gasteiger partial charge in [0.1, 0.15) is 0 Å². The third-order valence-electron chi connectivity index (χ3n) is 3.98. The number of nitrogens with zero attached hydrogens (tertiary/aromatic N) is 2. The molecule has 1 unspecified atom stereocenters. The first kappa shape index (κ1) is 18.2. The van der Waals surface area contributed by atoms with Crippen molar-refractivity contribution in [2.75, 3.05) is 7.11 Å². The van der Waals surface area contributed by atoms with Gasteiger partial charge in [0.25, 0.3) is 0 Å². The van der Waals surface area contributed by atoms with Gasteiger partial charge in [-0.3, -0.25) is 14.3 Å². The first-order valence-corrected chi connectivity index (χ1v) is 7.45. The molecule has 0 radical (unpaired) electrons. The topological polar surface area (TPSA) is 73.2 Å². The molecule has 0 aromatic carbocycles. The average molecular weight is 309 g/mol. The molecule has 0 fully saturated rings. The highest BCUT2D eigenvalue weighted by Gasteiger charge is 2.32. The van der Waals surface area contributed by atoms with Crippen LogP contribution in [0.5, 0.6) is 0 Å². The number of ether oxygens (including phenoxy) is 1. The van der Waals surface area contributed by atoms with Crippen LogP contribution < -0.4 is 5.32 Å². The summed E-state index contributed by atoms with van der Waals surface area (Å²) in [4.78, 5) is 23.7. The molecular weight excluding hydrogens is 282 g/mol. The van der Waals surface area contributed by atoms with E-state index in [-0.39, 0.29) is 24.3 Å². The lowest BCUT2D eigenvalue weighted by Gasteiger charge is -2.25. The van der Waals surface area contributed by atoms with Gasteiger partial charge in [-0.25, -0.2) is 0 Å². The van der Waals surface area contributed by atoms with Crippen molar-refractivity contribution in [1.29, 1.82) is 0 Å². The summed E-state index contributed by atoms with van der Waals surface area (Å²) in [6, 6.07) is -0.0361. The van der Waals surface area contributed by atoms with Crippen molar-refractivity contribution in [2.24, 2.45) is 12.5 Å². The number of carbonyl (C=O) groups excluding carboxylic acids is 2. The molecule has 1 heterocycles. The summed E-state index contributed by atoms with van der Waals surface area (Å²) in [5.41, 5.74) is 2.45. The third-order valence-corrected chi connectivity index (χ3v) is 3.98. The van der Waals surface area contributed by atoms with E-state index >= 15 is 0 Å². The zero-order valence-electron chi connectivity index (χ0n) is 14.6. The highest BCUT2D eigenvalue weighted by atomic mass is 16.5. The zero-order valence-corrected chi connectivity index (χ0v) is 14.6. The number of rotatable bonds is 6. The van der Waals surface area contributed by atoms with E-state index in [1.807, 2.05) is 32.5 Å². The Balaban J connectivity index is 2.70. The van der Waals surface area contributed by atoms with Crippen LogP contribution in [0.25, 0.3) is 0 Å². The zero-order chi connectivity index (χ0) is 17.1. The van der Waals surface area contributed by atoms with Crippen LogP contribution in [0.1, 0.15) is 44.1 Å². The fourth-order valence-electron chi connectivity index (χ4n) is 2.40. The molecule has 1 N–H and O–H groups in total. The van der Waals surface area contributed by atoms with Gasteiger partial charge in [-0.15, -0.1) is 0 Å². The number of aryl methyl sites for hydroxylation is 2. The number of aromatic nitrogens is 2. The van der Waals surface area contributed by atoms with Crippen molar-refractivity contribution in [3.05, 3.63) is 17.0 Å². The maximum Gasteiger partial charge on any atom is 0.306 e. The molecule has 6 nitrogen and oxygen atoms in total. The van der Waals surface area contributed by atoms with Gasteiger partial charge in [-0.2, -0.15) is 5.10 Å². The molecule has 0 saturated heterocycles. The summed E-state index contributed by atoms with van der Waals surface area (Å²) in [5, 5.41) is 7.36. The number of hydrogen-bond donors (Lipinski definition) is 1. The Labute approximate surface area is 132 Å². The van der Waals surface area contributed by atoms with Crippen molar-refractivity contribution >= 4 is 11.9 Å². The van der Waals surface area contributed by atoms with Crippen molar-refractivity contribution in [3.63, 3.8) is 0 Å². The number of hydrogen-bond acceptors (Lipinski definition) is 4. The molecule has 0 aliphatic heterocycles. The number of methoxy groups -OCH3 is 1. The molecule has 0 aliphatic rings. The van der Waals surface area contributed by atoms with Crippen LogP contribution in [-0.2, 0) is 27.8 Å². The normalized spacial score (nSPS) is 12.9. The molecule has 6 heteroatoms. The standard InChI is InChI=1S/C16H27N3O3/c1-10(8-13-11(2)18-19(6)12(13)3)17-15(21)16(4,5)9-14(20)22-7/h10H,8-9H2,1-7H3,(H,17,21). The van der Waals surface area contributed by atoms with Gasteiger partial charge < -0.3 is 10.1 Å². The molecule has 1 aromatic heterocycles. The van der Waals surface area contributed by atoms with Gasteiger partial charge >= 0.3 is 5.97 Å². The van der Waals surface area contributed by atoms with Crippen molar-refractivity contribution in [1.82, 2.24) is 15.1 Å². The lowest BCUT2D eigenvalue weighted by molar-refractivity contribution is -0.147. The van der Waals surface area contributed by atoms with Crippen LogP contribution in [0.2, 0.25) is 0 Å². The Morgan fingerprint density at radius 2 is 1.95 bits per heavy atom. The predicted octanol–water partition coefficient (Wildman–Crippen LogP) is 1.67. The van der Waals surface area contributed by atoms with Crippen LogP contribution in [-0.4, -0.2) is 34.8 Å². The fourth-order valence-corrected chi connectivity index (χ4v) is 2.40. The largest absolute Gasteiger partial charge is 0.469 e. The van der Waals surface area contributed by atoms with E-state index in [0.29, 0.717) is 6.42 Å². The molecule has 0 spiro atoms. The van der Waals surface area contributed by atoms with Crippen molar-refractivity contribution < 1.29 is 14.3 Å². The molecular formula is C16H27N3O3. The SMILES string of the molecule is COC(=O)CC(C)(C)C(=O)NC(C)Cc1c(C)nn(C)c1C. The monoisotopic (exact) mass is 309 g/mol. The smallest absolute Gasteiger partial charge is 0.306 e. The van der Waals surface area contributed by atoms with Gasteiger partial charge in [-0.1, -0.05) is 13.8 Å². The maximum absolute atomic E-state index is 12.4. The number of amides is 1. The second kappa shape index (κ2) is 6.94. The molecule has 22 heavy (non-hydrogen) atoms. The lowest BCUT2D eigenvalue weighted by Crippen LogP contribution is -2.43. The fraction of sp³-hybridized carbons (Fsp3) is 0.688. The summed E-state index contributed by atoms with van der Waals surface area (Å²) in [5.74, 6) is -0.531. The van der Waals surface area contributed by atoms with Gasteiger partial charge in [-0.05, 0) is 32.8 Å². The molecule has 1 amide bonds. The van der Waals surface area contributed by atoms with Crippen LogP contribution in [0.4, 0.5) is 0 Å². The predicted molar refractivity (Wildman–Crippen MR) is 84.4 cm³/mol. The Kier molecular flexibility index (Phi) is 5.74. The van der Waals surface area contributed by atoms with Gasteiger partial charge in [0.2, 0.25) is 5.91 Å². The Morgan fingerprint density at radius 3 is 2.41 bits per heavy atom.